The predicted octanol–water partition coefficient (Wildman–Crippen LogP) is 3.40. The van der Waals surface area contributed by atoms with Crippen LogP contribution in [-0.2, 0) is 0 Å². The zero-order valence-electron chi connectivity index (χ0n) is 10.4. The van der Waals surface area contributed by atoms with Gasteiger partial charge in [0.25, 0.3) is 0 Å². The third-order valence-electron chi connectivity index (χ3n) is 2.87. The van der Waals surface area contributed by atoms with Gasteiger partial charge in [-0.3, -0.25) is 4.79 Å². The van der Waals surface area contributed by atoms with Crippen LogP contribution in [0.2, 0.25) is 5.02 Å². The summed E-state index contributed by atoms with van der Waals surface area (Å²) in [6.45, 7) is 0. The molecule has 20 heavy (non-hydrogen) atoms. The number of pyridine rings is 1. The Balaban J connectivity index is 2.10. The molecule has 0 radical (unpaired) electrons. The molecule has 0 fully saturated rings. The van der Waals surface area contributed by atoms with Gasteiger partial charge in [-0.2, -0.15) is 5.10 Å². The van der Waals surface area contributed by atoms with Gasteiger partial charge >= 0.3 is 0 Å². The summed E-state index contributed by atoms with van der Waals surface area (Å²) in [5.74, 6) is 0.663. The molecule has 0 saturated carbocycles. The number of carbonyl (C=O) groups is 1. The van der Waals surface area contributed by atoms with E-state index < -0.39 is 0 Å². The summed E-state index contributed by atoms with van der Waals surface area (Å²) < 4.78 is 1.59. The van der Waals surface area contributed by atoms with E-state index in [2.05, 4.69) is 10.1 Å². The van der Waals surface area contributed by atoms with E-state index in [0.29, 0.717) is 22.1 Å². The van der Waals surface area contributed by atoms with Gasteiger partial charge in [-0.05, 0) is 24.3 Å². The highest BCUT2D eigenvalue weighted by Crippen LogP contribution is 2.23. The van der Waals surface area contributed by atoms with Crippen LogP contribution in [0.25, 0.3) is 17.1 Å². The first-order chi connectivity index (χ1) is 9.78. The third-order valence-corrected chi connectivity index (χ3v) is 3.12. The quantitative estimate of drug-likeness (QED) is 0.692. The van der Waals surface area contributed by atoms with E-state index in [4.69, 9.17) is 11.6 Å². The summed E-state index contributed by atoms with van der Waals surface area (Å²) in [7, 11) is 0. The van der Waals surface area contributed by atoms with Crippen LogP contribution in [0.15, 0.2) is 54.9 Å². The number of carbonyl (C=O) groups excluding carboxylic acids is 1. The van der Waals surface area contributed by atoms with Gasteiger partial charge in [-0.1, -0.05) is 29.8 Å². The standard InChI is InChI=1S/C15H10ClN3O/c16-13-6-4-11(5-7-13)15-12(10-20)9-19(18-15)14-3-1-2-8-17-14/h1-10H. The zero-order valence-corrected chi connectivity index (χ0v) is 11.2. The molecule has 3 rings (SSSR count). The third kappa shape index (κ3) is 2.33. The van der Waals surface area contributed by atoms with Gasteiger partial charge in [-0.25, -0.2) is 9.67 Å². The van der Waals surface area contributed by atoms with Crippen molar-refractivity contribution in [3.63, 3.8) is 0 Å². The Labute approximate surface area is 120 Å². The average Bonchev–Trinajstić information content (AvgIpc) is 2.93. The molecule has 0 aliphatic carbocycles. The summed E-state index contributed by atoms with van der Waals surface area (Å²) in [4.78, 5) is 15.4. The van der Waals surface area contributed by atoms with Crippen LogP contribution in [0.1, 0.15) is 10.4 Å². The Morgan fingerprint density at radius 2 is 1.90 bits per heavy atom. The molecule has 2 aromatic heterocycles. The second kappa shape index (κ2) is 5.27. The highest BCUT2D eigenvalue weighted by atomic mass is 35.5. The lowest BCUT2D eigenvalue weighted by Crippen LogP contribution is -1.97. The van der Waals surface area contributed by atoms with Gasteiger partial charge in [0.2, 0.25) is 0 Å². The maximum Gasteiger partial charge on any atom is 0.153 e. The minimum Gasteiger partial charge on any atom is -0.298 e. The van der Waals surface area contributed by atoms with Crippen LogP contribution < -0.4 is 0 Å². The molecule has 0 amide bonds. The van der Waals surface area contributed by atoms with Crippen molar-refractivity contribution in [2.75, 3.05) is 0 Å². The molecule has 3 aromatic rings. The average molecular weight is 284 g/mol. The maximum absolute atomic E-state index is 11.2. The molecule has 0 aliphatic heterocycles. The maximum atomic E-state index is 11.2. The van der Waals surface area contributed by atoms with E-state index in [9.17, 15) is 4.79 Å². The summed E-state index contributed by atoms with van der Waals surface area (Å²) in [6, 6.07) is 12.7. The van der Waals surface area contributed by atoms with E-state index in [1.165, 1.54) is 0 Å². The first-order valence-electron chi connectivity index (χ1n) is 6.00. The Kier molecular flexibility index (Phi) is 3.31. The number of hydrogen-bond donors (Lipinski definition) is 0. The van der Waals surface area contributed by atoms with Crippen LogP contribution in [0, 0.1) is 0 Å². The van der Waals surface area contributed by atoms with Gasteiger partial charge in [0.05, 0.1) is 5.56 Å². The van der Waals surface area contributed by atoms with Crippen molar-refractivity contribution in [2.24, 2.45) is 0 Å². The van der Waals surface area contributed by atoms with Crippen LogP contribution in [0.4, 0.5) is 0 Å². The van der Waals surface area contributed by atoms with Gasteiger partial charge in [0, 0.05) is 23.0 Å². The van der Waals surface area contributed by atoms with E-state index in [0.717, 1.165) is 11.8 Å². The van der Waals surface area contributed by atoms with Gasteiger partial charge in [0.1, 0.15) is 5.69 Å². The van der Waals surface area contributed by atoms with Crippen molar-refractivity contribution in [3.8, 4) is 17.1 Å². The molecule has 0 unspecified atom stereocenters. The second-order valence-electron chi connectivity index (χ2n) is 4.19. The molecule has 0 atom stereocenters. The minimum atomic E-state index is 0.512. The fraction of sp³-hybridized carbons (Fsp3) is 0. The molecule has 0 bridgehead atoms. The smallest absolute Gasteiger partial charge is 0.153 e. The van der Waals surface area contributed by atoms with Crippen molar-refractivity contribution in [2.45, 2.75) is 0 Å². The first-order valence-corrected chi connectivity index (χ1v) is 6.38. The van der Waals surface area contributed by atoms with Crippen LogP contribution in [0.5, 0.6) is 0 Å². The van der Waals surface area contributed by atoms with Crippen molar-refractivity contribution in [1.29, 1.82) is 0 Å². The number of nitrogens with zero attached hydrogens (tertiary/aromatic N) is 3. The molecule has 2 heterocycles. The molecule has 0 N–H and O–H groups in total. The monoisotopic (exact) mass is 283 g/mol. The fourth-order valence-corrected chi connectivity index (χ4v) is 2.04. The lowest BCUT2D eigenvalue weighted by molar-refractivity contribution is 0.112. The van der Waals surface area contributed by atoms with Gasteiger partial charge < -0.3 is 0 Å². The molecule has 0 saturated heterocycles. The topological polar surface area (TPSA) is 47.8 Å². The number of aromatic nitrogens is 3. The van der Waals surface area contributed by atoms with E-state index in [1.54, 1.807) is 29.2 Å². The van der Waals surface area contributed by atoms with Crippen LogP contribution in [0.3, 0.4) is 0 Å². The molecule has 0 aliphatic rings. The number of halogens is 1. The van der Waals surface area contributed by atoms with Crippen molar-refractivity contribution < 1.29 is 4.79 Å². The number of aldehydes is 1. The molecule has 0 spiro atoms. The summed E-state index contributed by atoms with van der Waals surface area (Å²) >= 11 is 5.87. The van der Waals surface area contributed by atoms with E-state index in [1.807, 2.05) is 30.3 Å². The predicted molar refractivity (Wildman–Crippen MR) is 77.2 cm³/mol. The normalized spacial score (nSPS) is 10.4. The Morgan fingerprint density at radius 1 is 1.10 bits per heavy atom. The Bertz CT molecular complexity index is 736. The Hall–Kier alpha value is -2.46. The molecular weight excluding hydrogens is 274 g/mol. The highest BCUT2D eigenvalue weighted by Gasteiger charge is 2.11. The summed E-state index contributed by atoms with van der Waals surface area (Å²) in [5, 5.41) is 5.08. The second-order valence-corrected chi connectivity index (χ2v) is 4.63. The molecule has 98 valence electrons. The van der Waals surface area contributed by atoms with Gasteiger partial charge in [-0.15, -0.1) is 0 Å². The number of hydrogen-bond acceptors (Lipinski definition) is 3. The Morgan fingerprint density at radius 3 is 2.55 bits per heavy atom. The van der Waals surface area contributed by atoms with Gasteiger partial charge in [0.15, 0.2) is 12.1 Å². The number of benzene rings is 1. The number of rotatable bonds is 3. The molecular formula is C15H10ClN3O. The summed E-state index contributed by atoms with van der Waals surface area (Å²) in [5.41, 5.74) is 1.96. The van der Waals surface area contributed by atoms with E-state index >= 15 is 0 Å². The SMILES string of the molecule is O=Cc1cn(-c2ccccn2)nc1-c1ccc(Cl)cc1. The van der Waals surface area contributed by atoms with Crippen molar-refractivity contribution in [3.05, 3.63) is 65.4 Å². The van der Waals surface area contributed by atoms with Crippen LogP contribution in [-0.4, -0.2) is 21.1 Å². The largest absolute Gasteiger partial charge is 0.298 e. The first kappa shape index (κ1) is 12.6. The minimum absolute atomic E-state index is 0.512. The van der Waals surface area contributed by atoms with Crippen LogP contribution >= 0.6 is 11.6 Å². The zero-order chi connectivity index (χ0) is 13.9. The molecule has 4 nitrogen and oxygen atoms in total. The lowest BCUT2D eigenvalue weighted by Gasteiger charge is -1.99. The van der Waals surface area contributed by atoms with Crippen molar-refractivity contribution >= 4 is 17.9 Å². The van der Waals surface area contributed by atoms with E-state index in [-0.39, 0.29) is 0 Å². The highest BCUT2D eigenvalue weighted by molar-refractivity contribution is 6.30. The summed E-state index contributed by atoms with van der Waals surface area (Å²) in [6.07, 6.45) is 4.13. The molecule has 5 heteroatoms. The fourth-order valence-electron chi connectivity index (χ4n) is 1.91. The lowest BCUT2D eigenvalue weighted by atomic mass is 10.1. The molecule has 1 aromatic carbocycles. The van der Waals surface area contributed by atoms with Crippen molar-refractivity contribution in [1.82, 2.24) is 14.8 Å².